The Bertz CT molecular complexity index is 1400. The molecule has 0 bridgehead atoms. The lowest BCUT2D eigenvalue weighted by Gasteiger charge is -2.21. The van der Waals surface area contributed by atoms with E-state index in [4.69, 9.17) is 4.98 Å². The van der Waals surface area contributed by atoms with Crippen molar-refractivity contribution in [2.24, 2.45) is 0 Å². The smallest absolute Gasteiger partial charge is 0.261 e. The van der Waals surface area contributed by atoms with Crippen molar-refractivity contribution in [3.05, 3.63) is 69.8 Å². The van der Waals surface area contributed by atoms with Gasteiger partial charge in [-0.25, -0.2) is 13.4 Å². The van der Waals surface area contributed by atoms with Gasteiger partial charge >= 0.3 is 0 Å². The highest BCUT2D eigenvalue weighted by molar-refractivity contribution is 7.89. The van der Waals surface area contributed by atoms with E-state index in [2.05, 4.69) is 5.32 Å². The van der Waals surface area contributed by atoms with Gasteiger partial charge in [-0.1, -0.05) is 25.0 Å². The Morgan fingerprint density at radius 2 is 1.80 bits per heavy atom. The summed E-state index contributed by atoms with van der Waals surface area (Å²) in [6.45, 7) is 4.57. The molecule has 0 unspecified atom stereocenters. The Kier molecular flexibility index (Phi) is 7.37. The minimum Gasteiger partial charge on any atom is -0.348 e. The first-order valence-electron chi connectivity index (χ1n) is 12.1. The highest BCUT2D eigenvalue weighted by Crippen LogP contribution is 2.18. The monoisotopic (exact) mass is 496 g/mol. The van der Waals surface area contributed by atoms with Gasteiger partial charge in [0.2, 0.25) is 10.0 Å². The summed E-state index contributed by atoms with van der Waals surface area (Å²) in [5.41, 5.74) is 1.70. The minimum absolute atomic E-state index is 0.0444. The molecule has 1 aromatic heterocycles. The summed E-state index contributed by atoms with van der Waals surface area (Å²) in [4.78, 5) is 30.7. The first kappa shape index (κ1) is 25.1. The van der Waals surface area contributed by atoms with Crippen molar-refractivity contribution in [3.8, 4) is 0 Å². The van der Waals surface area contributed by atoms with E-state index in [9.17, 15) is 18.0 Å². The van der Waals surface area contributed by atoms with Crippen LogP contribution in [0.1, 0.15) is 61.3 Å². The fourth-order valence-corrected chi connectivity index (χ4v) is 5.61. The number of nitrogens with one attached hydrogen (secondary N) is 1. The number of benzene rings is 2. The third-order valence-corrected chi connectivity index (χ3v) is 8.66. The van der Waals surface area contributed by atoms with E-state index in [0.717, 1.165) is 43.5 Å². The van der Waals surface area contributed by atoms with Crippen LogP contribution in [0.3, 0.4) is 0 Å². The predicted molar refractivity (Wildman–Crippen MR) is 136 cm³/mol. The maximum absolute atomic E-state index is 13.0. The number of carbonyl (C=O) groups is 1. The summed E-state index contributed by atoms with van der Waals surface area (Å²) in [5.74, 6) is 0.509. The number of nitrogens with zero attached hydrogens (tertiary/aromatic N) is 3. The van der Waals surface area contributed by atoms with Crippen LogP contribution >= 0.6 is 0 Å². The normalized spacial score (nSPS) is 14.5. The van der Waals surface area contributed by atoms with Crippen LogP contribution in [0.2, 0.25) is 0 Å². The molecule has 0 saturated heterocycles. The van der Waals surface area contributed by atoms with E-state index in [-0.39, 0.29) is 28.9 Å². The van der Waals surface area contributed by atoms with Gasteiger partial charge in [0, 0.05) is 38.2 Å². The predicted octanol–water partition coefficient (Wildman–Crippen LogP) is 3.47. The van der Waals surface area contributed by atoms with Crippen LogP contribution in [0.5, 0.6) is 0 Å². The second-order valence-corrected chi connectivity index (χ2v) is 11.3. The standard InChI is InChI=1S/C26H32N4O4S/c1-18(2)29(3)35(33,34)21-12-9-19(10-13-21)17-27-25(31)20-11-14-22-23(16-20)28-24-8-6-4-5-7-15-30(24)26(22)32/h9-14,16,18H,4-8,15,17H2,1-3H3,(H,27,31). The fraction of sp³-hybridized carbons (Fsp3) is 0.423. The summed E-state index contributed by atoms with van der Waals surface area (Å²) >= 11 is 0. The Balaban J connectivity index is 1.49. The Hall–Kier alpha value is -3.04. The third kappa shape index (κ3) is 5.31. The van der Waals surface area contributed by atoms with Gasteiger partial charge in [0.05, 0.1) is 15.8 Å². The largest absolute Gasteiger partial charge is 0.348 e. The maximum Gasteiger partial charge on any atom is 0.261 e. The van der Waals surface area contributed by atoms with Crippen molar-refractivity contribution >= 4 is 26.8 Å². The van der Waals surface area contributed by atoms with Gasteiger partial charge in [0.1, 0.15) is 5.82 Å². The quantitative estimate of drug-likeness (QED) is 0.563. The van der Waals surface area contributed by atoms with Gasteiger partial charge < -0.3 is 5.32 Å². The number of hydrogen-bond acceptors (Lipinski definition) is 5. The van der Waals surface area contributed by atoms with E-state index >= 15 is 0 Å². The number of carbonyl (C=O) groups excluding carboxylic acids is 1. The molecule has 2 aromatic carbocycles. The van der Waals surface area contributed by atoms with E-state index in [1.807, 2.05) is 13.8 Å². The number of sulfonamides is 1. The molecule has 3 aromatic rings. The lowest BCUT2D eigenvalue weighted by Crippen LogP contribution is -2.33. The van der Waals surface area contributed by atoms with Crippen LogP contribution < -0.4 is 10.9 Å². The lowest BCUT2D eigenvalue weighted by molar-refractivity contribution is 0.0951. The zero-order valence-corrected chi connectivity index (χ0v) is 21.3. The highest BCUT2D eigenvalue weighted by atomic mass is 32.2. The van der Waals surface area contributed by atoms with E-state index in [0.29, 0.717) is 23.0 Å². The number of hydrogen-bond donors (Lipinski definition) is 1. The summed E-state index contributed by atoms with van der Waals surface area (Å²) in [7, 11) is -2.00. The number of amides is 1. The molecule has 0 saturated carbocycles. The summed E-state index contributed by atoms with van der Waals surface area (Å²) in [6.07, 6.45) is 5.00. The van der Waals surface area contributed by atoms with Crippen molar-refractivity contribution in [2.45, 2.75) is 70.0 Å². The fourth-order valence-electron chi connectivity index (χ4n) is 4.24. The molecule has 0 aliphatic carbocycles. The minimum atomic E-state index is -3.55. The van der Waals surface area contributed by atoms with Crippen molar-refractivity contribution in [3.63, 3.8) is 0 Å². The van der Waals surface area contributed by atoms with Gasteiger partial charge in [0.25, 0.3) is 11.5 Å². The lowest BCUT2D eigenvalue weighted by atomic mass is 10.1. The average Bonchev–Trinajstić information content (AvgIpc) is 2.83. The molecular formula is C26H32N4O4S. The molecule has 1 aliphatic heterocycles. The maximum atomic E-state index is 13.0. The Labute approximate surface area is 206 Å². The summed E-state index contributed by atoms with van der Waals surface area (Å²) in [6, 6.07) is 11.3. The van der Waals surface area contributed by atoms with Gasteiger partial charge in [-0.3, -0.25) is 14.2 Å². The first-order chi connectivity index (χ1) is 16.7. The third-order valence-electron chi connectivity index (χ3n) is 6.61. The highest BCUT2D eigenvalue weighted by Gasteiger charge is 2.23. The zero-order valence-electron chi connectivity index (χ0n) is 20.5. The second kappa shape index (κ2) is 10.3. The SMILES string of the molecule is CC(C)N(C)S(=O)(=O)c1ccc(CNC(=O)c2ccc3c(=O)n4c(nc3c2)CCCCCC4)cc1. The Morgan fingerprint density at radius 1 is 1.09 bits per heavy atom. The molecule has 4 rings (SSSR count). The van der Waals surface area contributed by atoms with Gasteiger partial charge in [-0.05, 0) is 62.6 Å². The van der Waals surface area contributed by atoms with E-state index < -0.39 is 10.0 Å². The molecule has 1 aliphatic rings. The van der Waals surface area contributed by atoms with Gasteiger partial charge in [0.15, 0.2) is 0 Å². The number of aromatic nitrogens is 2. The van der Waals surface area contributed by atoms with Crippen molar-refractivity contribution in [2.75, 3.05) is 7.05 Å². The van der Waals surface area contributed by atoms with Crippen molar-refractivity contribution in [1.29, 1.82) is 0 Å². The Morgan fingerprint density at radius 3 is 2.51 bits per heavy atom. The molecule has 1 N–H and O–H groups in total. The van der Waals surface area contributed by atoms with Crippen molar-refractivity contribution < 1.29 is 13.2 Å². The molecule has 1 amide bonds. The molecule has 0 spiro atoms. The summed E-state index contributed by atoms with van der Waals surface area (Å²) in [5, 5.41) is 3.39. The van der Waals surface area contributed by atoms with Crippen LogP contribution in [-0.4, -0.2) is 41.3 Å². The molecule has 8 nitrogen and oxygen atoms in total. The number of rotatable bonds is 6. The molecule has 2 heterocycles. The van der Waals surface area contributed by atoms with Crippen LogP contribution in [-0.2, 0) is 29.5 Å². The van der Waals surface area contributed by atoms with E-state index in [1.54, 1.807) is 54.1 Å². The average molecular weight is 497 g/mol. The molecule has 0 radical (unpaired) electrons. The second-order valence-electron chi connectivity index (χ2n) is 9.32. The molecule has 0 fully saturated rings. The summed E-state index contributed by atoms with van der Waals surface area (Å²) < 4.78 is 28.3. The van der Waals surface area contributed by atoms with Crippen LogP contribution in [0.25, 0.3) is 10.9 Å². The zero-order chi connectivity index (χ0) is 25.2. The number of aryl methyl sites for hydroxylation is 1. The molecule has 9 heteroatoms. The van der Waals surface area contributed by atoms with Gasteiger partial charge in [-0.15, -0.1) is 0 Å². The molecule has 35 heavy (non-hydrogen) atoms. The van der Waals surface area contributed by atoms with Crippen molar-refractivity contribution in [1.82, 2.24) is 19.2 Å². The van der Waals surface area contributed by atoms with Gasteiger partial charge in [-0.2, -0.15) is 4.31 Å². The molecule has 186 valence electrons. The molecule has 0 atom stereocenters. The molecular weight excluding hydrogens is 464 g/mol. The number of fused-ring (bicyclic) bond motifs is 2. The van der Waals surface area contributed by atoms with Crippen LogP contribution in [0.4, 0.5) is 0 Å². The van der Waals surface area contributed by atoms with Crippen LogP contribution in [0, 0.1) is 0 Å². The first-order valence-corrected chi connectivity index (χ1v) is 13.5. The van der Waals surface area contributed by atoms with E-state index in [1.165, 1.54) is 4.31 Å². The topological polar surface area (TPSA) is 101 Å². The van der Waals surface area contributed by atoms with Crippen LogP contribution in [0.15, 0.2) is 52.2 Å².